The Kier molecular flexibility index (Phi) is 7.23. The van der Waals surface area contributed by atoms with Crippen molar-refractivity contribution in [3.8, 4) is 56.3 Å². The maximum Gasteiger partial charge on any atom is 0.0992 e. The molecule has 0 saturated heterocycles. The van der Waals surface area contributed by atoms with Crippen LogP contribution < -0.4 is 0 Å². The van der Waals surface area contributed by atoms with Gasteiger partial charge >= 0.3 is 0 Å². The molecule has 1 heterocycles. The van der Waals surface area contributed by atoms with Crippen LogP contribution in [0, 0.1) is 11.3 Å². The van der Waals surface area contributed by atoms with E-state index in [0.29, 0.717) is 5.56 Å². The smallest absolute Gasteiger partial charge is 0.0992 e. The van der Waals surface area contributed by atoms with Crippen molar-refractivity contribution in [2.24, 2.45) is 0 Å². The lowest BCUT2D eigenvalue weighted by Crippen LogP contribution is -1.96. The van der Waals surface area contributed by atoms with Crippen LogP contribution in [-0.2, 0) is 0 Å². The SMILES string of the molecule is N#Cc1cc(-c2cccc(-c3c4ccccc4c(-c4cccc(-c5ccccc5)c4)c4ccccc34)c2)cc(-n2c3ccccc3c3ccccc32)c1. The first-order valence-corrected chi connectivity index (χ1v) is 18.0. The molecule has 10 aromatic rings. The lowest BCUT2D eigenvalue weighted by atomic mass is 9.85. The molecule has 0 aliphatic rings. The van der Waals surface area contributed by atoms with Crippen molar-refractivity contribution in [2.45, 2.75) is 0 Å². The summed E-state index contributed by atoms with van der Waals surface area (Å²) >= 11 is 0. The van der Waals surface area contributed by atoms with E-state index in [9.17, 15) is 5.26 Å². The van der Waals surface area contributed by atoms with Crippen molar-refractivity contribution in [1.29, 1.82) is 5.26 Å². The number of nitriles is 1. The minimum Gasteiger partial charge on any atom is -0.309 e. The number of hydrogen-bond acceptors (Lipinski definition) is 1. The Labute approximate surface area is 308 Å². The summed E-state index contributed by atoms with van der Waals surface area (Å²) in [6, 6.07) is 71.6. The second-order valence-corrected chi connectivity index (χ2v) is 13.6. The molecule has 0 fully saturated rings. The van der Waals surface area contributed by atoms with Crippen molar-refractivity contribution in [3.63, 3.8) is 0 Å². The zero-order valence-electron chi connectivity index (χ0n) is 28.9. The van der Waals surface area contributed by atoms with Crippen LogP contribution in [0.25, 0.3) is 93.5 Å². The minimum atomic E-state index is 0.628. The molecule has 0 aliphatic carbocycles. The van der Waals surface area contributed by atoms with Crippen LogP contribution in [-0.4, -0.2) is 4.57 Å². The molecule has 0 radical (unpaired) electrons. The molecule has 0 spiro atoms. The summed E-state index contributed by atoms with van der Waals surface area (Å²) in [4.78, 5) is 0. The quantitative estimate of drug-likeness (QED) is 0.167. The van der Waals surface area contributed by atoms with Gasteiger partial charge in [-0.15, -0.1) is 0 Å². The number of rotatable bonds is 5. The number of aromatic nitrogens is 1. The monoisotopic (exact) mass is 672 g/mol. The Balaban J connectivity index is 1.17. The number of hydrogen-bond donors (Lipinski definition) is 0. The van der Waals surface area contributed by atoms with Crippen molar-refractivity contribution in [1.82, 2.24) is 4.57 Å². The minimum absolute atomic E-state index is 0.628. The van der Waals surface area contributed by atoms with Gasteiger partial charge in [-0.2, -0.15) is 5.26 Å². The molecule has 0 atom stereocenters. The molecule has 53 heavy (non-hydrogen) atoms. The van der Waals surface area contributed by atoms with E-state index >= 15 is 0 Å². The summed E-state index contributed by atoms with van der Waals surface area (Å²) in [5.74, 6) is 0. The van der Waals surface area contributed by atoms with Crippen LogP contribution >= 0.6 is 0 Å². The molecule has 1 aromatic heterocycles. The van der Waals surface area contributed by atoms with Crippen LogP contribution in [0.5, 0.6) is 0 Å². The molecule has 0 unspecified atom stereocenters. The van der Waals surface area contributed by atoms with Crippen LogP contribution in [0.4, 0.5) is 0 Å². The highest BCUT2D eigenvalue weighted by molar-refractivity contribution is 6.21. The van der Waals surface area contributed by atoms with Gasteiger partial charge in [0.1, 0.15) is 0 Å². The van der Waals surface area contributed by atoms with E-state index in [-0.39, 0.29) is 0 Å². The lowest BCUT2D eigenvalue weighted by Gasteiger charge is -2.19. The van der Waals surface area contributed by atoms with E-state index in [4.69, 9.17) is 0 Å². The molecule has 0 saturated carbocycles. The number of fused-ring (bicyclic) bond motifs is 5. The normalized spacial score (nSPS) is 11.4. The van der Waals surface area contributed by atoms with Crippen LogP contribution in [0.15, 0.2) is 194 Å². The zero-order valence-corrected chi connectivity index (χ0v) is 28.9. The van der Waals surface area contributed by atoms with Crippen molar-refractivity contribution in [3.05, 3.63) is 200 Å². The molecule has 0 N–H and O–H groups in total. The highest BCUT2D eigenvalue weighted by atomic mass is 15.0. The van der Waals surface area contributed by atoms with Gasteiger partial charge in [0, 0.05) is 16.5 Å². The zero-order chi connectivity index (χ0) is 35.3. The van der Waals surface area contributed by atoms with E-state index in [2.05, 4.69) is 193 Å². The van der Waals surface area contributed by atoms with Gasteiger partial charge in [-0.3, -0.25) is 0 Å². The van der Waals surface area contributed by atoms with Crippen LogP contribution in [0.3, 0.4) is 0 Å². The molecule has 10 rings (SSSR count). The molecule has 9 aromatic carbocycles. The summed E-state index contributed by atoms with van der Waals surface area (Å²) in [6.07, 6.45) is 0. The third-order valence-electron chi connectivity index (χ3n) is 10.6. The predicted molar refractivity (Wildman–Crippen MR) is 222 cm³/mol. The largest absolute Gasteiger partial charge is 0.309 e. The van der Waals surface area contributed by atoms with Gasteiger partial charge in [0.25, 0.3) is 0 Å². The molecular weight excluding hydrogens is 641 g/mol. The van der Waals surface area contributed by atoms with E-state index in [1.165, 1.54) is 60.1 Å². The Morgan fingerprint density at radius 1 is 0.321 bits per heavy atom. The summed E-state index contributed by atoms with van der Waals surface area (Å²) in [5, 5.41) is 17.5. The topological polar surface area (TPSA) is 28.7 Å². The molecular formula is C51H32N2. The van der Waals surface area contributed by atoms with Gasteiger partial charge in [0.2, 0.25) is 0 Å². The Hall–Kier alpha value is -7.21. The maximum absolute atomic E-state index is 10.3. The fourth-order valence-corrected chi connectivity index (χ4v) is 8.26. The van der Waals surface area contributed by atoms with Crippen molar-refractivity contribution in [2.75, 3.05) is 0 Å². The maximum atomic E-state index is 10.3. The number of benzene rings is 9. The first-order chi connectivity index (χ1) is 26.2. The fraction of sp³-hybridized carbons (Fsp3) is 0. The van der Waals surface area contributed by atoms with Crippen molar-refractivity contribution >= 4 is 43.4 Å². The highest BCUT2D eigenvalue weighted by Crippen LogP contribution is 2.45. The Bertz CT molecular complexity index is 2960. The summed E-state index contributed by atoms with van der Waals surface area (Å²) in [7, 11) is 0. The van der Waals surface area contributed by atoms with Gasteiger partial charge in [-0.25, -0.2) is 0 Å². The molecule has 246 valence electrons. The van der Waals surface area contributed by atoms with Gasteiger partial charge < -0.3 is 4.57 Å². The third-order valence-corrected chi connectivity index (χ3v) is 10.6. The standard InChI is InChI=1S/C51H32N2/c52-33-34-28-40(32-41(29-34)53-48-26-10-8-20-42(48)43-21-9-11-27-49(43)53)37-17-13-19-39(31-37)51-46-24-6-4-22-44(46)50(45-23-5-7-25-47(45)51)38-18-12-16-36(30-38)35-14-2-1-3-15-35/h1-32H. The van der Waals surface area contributed by atoms with Gasteiger partial charge in [0.15, 0.2) is 0 Å². The summed E-state index contributed by atoms with van der Waals surface area (Å²) in [6.45, 7) is 0. The van der Waals surface area contributed by atoms with Gasteiger partial charge in [0.05, 0.1) is 22.7 Å². The Morgan fingerprint density at radius 3 is 1.25 bits per heavy atom. The third kappa shape index (κ3) is 5.10. The van der Waals surface area contributed by atoms with Crippen LogP contribution in [0.1, 0.15) is 5.56 Å². The average molecular weight is 673 g/mol. The first kappa shape index (κ1) is 30.6. The second kappa shape index (κ2) is 12.5. The molecule has 2 heteroatoms. The predicted octanol–water partition coefficient (Wildman–Crippen LogP) is 13.6. The number of para-hydroxylation sites is 2. The summed E-state index contributed by atoms with van der Waals surface area (Å²) < 4.78 is 2.28. The van der Waals surface area contributed by atoms with E-state index in [1.807, 2.05) is 12.1 Å². The molecule has 2 nitrogen and oxygen atoms in total. The molecule has 0 aliphatic heterocycles. The Morgan fingerprint density at radius 2 is 0.736 bits per heavy atom. The summed E-state index contributed by atoms with van der Waals surface area (Å²) in [5.41, 5.74) is 13.1. The van der Waals surface area contributed by atoms with Crippen molar-refractivity contribution < 1.29 is 0 Å². The van der Waals surface area contributed by atoms with Gasteiger partial charge in [-0.05, 0) is 109 Å². The lowest BCUT2D eigenvalue weighted by molar-refractivity contribution is 1.18. The fourth-order valence-electron chi connectivity index (χ4n) is 8.26. The van der Waals surface area contributed by atoms with Gasteiger partial charge in [-0.1, -0.05) is 152 Å². The molecule has 0 amide bonds. The van der Waals surface area contributed by atoms with Crippen LogP contribution in [0.2, 0.25) is 0 Å². The highest BCUT2D eigenvalue weighted by Gasteiger charge is 2.18. The molecule has 0 bridgehead atoms. The van der Waals surface area contributed by atoms with E-state index < -0.39 is 0 Å². The van der Waals surface area contributed by atoms with E-state index in [0.717, 1.165) is 33.4 Å². The average Bonchev–Trinajstić information content (AvgIpc) is 3.57. The van der Waals surface area contributed by atoms with E-state index in [1.54, 1.807) is 0 Å². The second-order valence-electron chi connectivity index (χ2n) is 13.6. The first-order valence-electron chi connectivity index (χ1n) is 18.0. The number of nitrogens with zero attached hydrogens (tertiary/aromatic N) is 2.